The van der Waals surface area contributed by atoms with Crippen molar-refractivity contribution in [1.29, 1.82) is 0 Å². The molecule has 0 bridgehead atoms. The minimum absolute atomic E-state index is 0.0872. The van der Waals surface area contributed by atoms with Crippen LogP contribution in [0, 0.1) is 0 Å². The number of carbonyl (C=O) groups is 1. The molecule has 0 atom stereocenters. The lowest BCUT2D eigenvalue weighted by Gasteiger charge is -2.28. The van der Waals surface area contributed by atoms with Gasteiger partial charge in [0.2, 0.25) is 5.91 Å². The summed E-state index contributed by atoms with van der Waals surface area (Å²) in [5, 5.41) is 2.84. The first-order valence-electron chi connectivity index (χ1n) is 8.55. The number of hydrogen-bond acceptors (Lipinski definition) is 5. The third kappa shape index (κ3) is 4.93. The van der Waals surface area contributed by atoms with Gasteiger partial charge in [0.1, 0.15) is 11.6 Å². The molecular weight excluding hydrogens is 318 g/mol. The molecule has 0 spiro atoms. The van der Waals surface area contributed by atoms with Crippen molar-refractivity contribution < 1.29 is 14.3 Å². The molecule has 1 amide bonds. The van der Waals surface area contributed by atoms with Crippen molar-refractivity contribution in [3.63, 3.8) is 0 Å². The number of amides is 1. The Kier molecular flexibility index (Phi) is 5.85. The number of nitrogens with one attached hydrogen (secondary N) is 1. The summed E-state index contributed by atoms with van der Waals surface area (Å²) >= 11 is 0. The fraction of sp³-hybridized carbons (Fsp3) is 0.368. The lowest BCUT2D eigenvalue weighted by Crippen LogP contribution is -2.36. The number of morpholine rings is 1. The molecular formula is C19H23N3O3. The number of rotatable bonds is 6. The van der Waals surface area contributed by atoms with E-state index in [1.807, 2.05) is 43.3 Å². The molecule has 2 heterocycles. The van der Waals surface area contributed by atoms with E-state index >= 15 is 0 Å². The largest absolute Gasteiger partial charge is 0.494 e. The Balaban J connectivity index is 1.53. The van der Waals surface area contributed by atoms with Gasteiger partial charge in [-0.05, 0) is 36.8 Å². The fourth-order valence-electron chi connectivity index (χ4n) is 2.71. The van der Waals surface area contributed by atoms with E-state index in [2.05, 4.69) is 15.2 Å². The van der Waals surface area contributed by atoms with Gasteiger partial charge in [0.05, 0.1) is 38.1 Å². The number of aromatic nitrogens is 1. The minimum Gasteiger partial charge on any atom is -0.494 e. The zero-order valence-electron chi connectivity index (χ0n) is 14.4. The molecule has 1 saturated heterocycles. The van der Waals surface area contributed by atoms with Crippen LogP contribution < -0.4 is 15.0 Å². The number of carbonyl (C=O) groups excluding carboxylic acids is 1. The van der Waals surface area contributed by atoms with Crippen LogP contribution in [0.4, 0.5) is 11.5 Å². The van der Waals surface area contributed by atoms with Gasteiger partial charge in [0.25, 0.3) is 0 Å². The molecule has 0 radical (unpaired) electrons. The zero-order chi connectivity index (χ0) is 17.5. The van der Waals surface area contributed by atoms with Gasteiger partial charge in [-0.3, -0.25) is 4.79 Å². The second-order valence-corrected chi connectivity index (χ2v) is 5.80. The lowest BCUT2D eigenvalue weighted by atomic mass is 10.1. The van der Waals surface area contributed by atoms with Crippen molar-refractivity contribution in [1.82, 2.24) is 4.98 Å². The first kappa shape index (κ1) is 17.2. The minimum atomic E-state index is -0.0872. The van der Waals surface area contributed by atoms with Crippen LogP contribution >= 0.6 is 0 Å². The summed E-state index contributed by atoms with van der Waals surface area (Å²) < 4.78 is 10.7. The molecule has 0 saturated carbocycles. The maximum absolute atomic E-state index is 12.2. The van der Waals surface area contributed by atoms with E-state index in [4.69, 9.17) is 9.47 Å². The van der Waals surface area contributed by atoms with Crippen LogP contribution in [0.25, 0.3) is 0 Å². The Morgan fingerprint density at radius 2 is 1.96 bits per heavy atom. The second-order valence-electron chi connectivity index (χ2n) is 5.80. The summed E-state index contributed by atoms with van der Waals surface area (Å²) in [4.78, 5) is 18.7. The molecule has 1 aliphatic heterocycles. The van der Waals surface area contributed by atoms with Crippen LogP contribution in [0.5, 0.6) is 5.75 Å². The first-order valence-corrected chi connectivity index (χ1v) is 8.55. The van der Waals surface area contributed by atoms with Crippen LogP contribution in [0.15, 0.2) is 42.6 Å². The standard InChI is InChI=1S/C19H23N3O3/c1-2-25-17-6-3-15(4-7-17)13-19(23)21-18-8-5-16(14-20-18)22-9-11-24-12-10-22/h3-8,14H,2,9-13H2,1H3,(H,20,21,23). The van der Waals surface area contributed by atoms with Crippen molar-refractivity contribution in [3.8, 4) is 5.75 Å². The number of anilines is 2. The topological polar surface area (TPSA) is 63.7 Å². The number of benzene rings is 1. The van der Waals surface area contributed by atoms with Crippen molar-refractivity contribution in [2.24, 2.45) is 0 Å². The third-order valence-corrected chi connectivity index (χ3v) is 3.99. The molecule has 25 heavy (non-hydrogen) atoms. The van der Waals surface area contributed by atoms with E-state index in [1.54, 1.807) is 6.20 Å². The zero-order valence-corrected chi connectivity index (χ0v) is 14.4. The maximum atomic E-state index is 12.2. The van der Waals surface area contributed by atoms with Gasteiger partial charge in [-0.15, -0.1) is 0 Å². The molecule has 0 aliphatic carbocycles. The van der Waals surface area contributed by atoms with Crippen LogP contribution in [-0.2, 0) is 16.0 Å². The van der Waals surface area contributed by atoms with Crippen LogP contribution in [0.1, 0.15) is 12.5 Å². The highest BCUT2D eigenvalue weighted by Crippen LogP contribution is 2.17. The Labute approximate surface area is 147 Å². The van der Waals surface area contributed by atoms with E-state index in [9.17, 15) is 4.79 Å². The predicted molar refractivity (Wildman–Crippen MR) is 97.2 cm³/mol. The Morgan fingerprint density at radius 1 is 1.20 bits per heavy atom. The van der Waals surface area contributed by atoms with Crippen molar-refractivity contribution >= 4 is 17.4 Å². The van der Waals surface area contributed by atoms with Crippen LogP contribution in [0.2, 0.25) is 0 Å². The summed E-state index contributed by atoms with van der Waals surface area (Å²) in [5.41, 5.74) is 1.98. The number of hydrogen-bond donors (Lipinski definition) is 1. The number of nitrogens with zero attached hydrogens (tertiary/aromatic N) is 2. The molecule has 3 rings (SSSR count). The van der Waals surface area contributed by atoms with Gasteiger partial charge in [0, 0.05) is 13.1 Å². The average Bonchev–Trinajstić information content (AvgIpc) is 2.65. The highest BCUT2D eigenvalue weighted by atomic mass is 16.5. The SMILES string of the molecule is CCOc1ccc(CC(=O)Nc2ccc(N3CCOCC3)cn2)cc1. The number of ether oxygens (including phenoxy) is 2. The molecule has 6 nitrogen and oxygen atoms in total. The van der Waals surface area contributed by atoms with Gasteiger partial charge in [0.15, 0.2) is 0 Å². The maximum Gasteiger partial charge on any atom is 0.229 e. The quantitative estimate of drug-likeness (QED) is 0.875. The highest BCUT2D eigenvalue weighted by Gasteiger charge is 2.12. The molecule has 1 fully saturated rings. The van der Waals surface area contributed by atoms with Gasteiger partial charge in [-0.1, -0.05) is 12.1 Å². The smallest absolute Gasteiger partial charge is 0.229 e. The Hall–Kier alpha value is -2.60. The Bertz CT molecular complexity index is 680. The second kappa shape index (κ2) is 8.48. The Morgan fingerprint density at radius 3 is 2.60 bits per heavy atom. The summed E-state index contributed by atoms with van der Waals surface area (Å²) in [6, 6.07) is 11.4. The summed E-state index contributed by atoms with van der Waals surface area (Å²) in [6.07, 6.45) is 2.09. The van der Waals surface area contributed by atoms with Gasteiger partial charge in [-0.25, -0.2) is 4.98 Å². The molecule has 132 valence electrons. The molecule has 2 aromatic rings. The van der Waals surface area contributed by atoms with Gasteiger partial charge < -0.3 is 19.7 Å². The summed E-state index contributed by atoms with van der Waals surface area (Å²) in [7, 11) is 0. The normalized spacial score (nSPS) is 14.2. The first-order chi connectivity index (χ1) is 12.2. The van der Waals surface area contributed by atoms with Gasteiger partial charge >= 0.3 is 0 Å². The highest BCUT2D eigenvalue weighted by molar-refractivity contribution is 5.91. The molecule has 1 aliphatic rings. The molecule has 1 aromatic carbocycles. The summed E-state index contributed by atoms with van der Waals surface area (Å²) in [6.45, 7) is 5.78. The third-order valence-electron chi connectivity index (χ3n) is 3.99. The molecule has 0 unspecified atom stereocenters. The number of pyridine rings is 1. The summed E-state index contributed by atoms with van der Waals surface area (Å²) in [5.74, 6) is 1.29. The van der Waals surface area contributed by atoms with Crippen molar-refractivity contribution in [3.05, 3.63) is 48.2 Å². The van der Waals surface area contributed by atoms with Crippen LogP contribution in [-0.4, -0.2) is 43.8 Å². The molecule has 1 N–H and O–H groups in total. The monoisotopic (exact) mass is 341 g/mol. The van der Waals surface area contributed by atoms with E-state index in [-0.39, 0.29) is 5.91 Å². The van der Waals surface area contributed by atoms with Crippen molar-refractivity contribution in [2.75, 3.05) is 43.1 Å². The lowest BCUT2D eigenvalue weighted by molar-refractivity contribution is -0.115. The van der Waals surface area contributed by atoms with E-state index in [0.29, 0.717) is 18.8 Å². The van der Waals surface area contributed by atoms with Gasteiger partial charge in [-0.2, -0.15) is 0 Å². The van der Waals surface area contributed by atoms with E-state index in [0.717, 1.165) is 43.3 Å². The molecule has 1 aromatic heterocycles. The predicted octanol–water partition coefficient (Wildman–Crippen LogP) is 2.50. The van der Waals surface area contributed by atoms with Crippen molar-refractivity contribution in [2.45, 2.75) is 13.3 Å². The fourth-order valence-corrected chi connectivity index (χ4v) is 2.71. The van der Waals surface area contributed by atoms with Crippen LogP contribution in [0.3, 0.4) is 0 Å². The molecule has 6 heteroatoms. The van der Waals surface area contributed by atoms with E-state index < -0.39 is 0 Å². The average molecular weight is 341 g/mol. The van der Waals surface area contributed by atoms with E-state index in [1.165, 1.54) is 0 Å².